The first-order valence-electron chi connectivity index (χ1n) is 3.54. The molecular weight excluding hydrogens is 156 g/mol. The molecule has 0 aliphatic heterocycles. The Bertz CT molecular complexity index is 233. The van der Waals surface area contributed by atoms with E-state index in [-0.39, 0.29) is 5.25 Å². The van der Waals surface area contributed by atoms with Gasteiger partial charge in [0.15, 0.2) is 0 Å². The maximum absolute atomic E-state index is 5.10. The van der Waals surface area contributed by atoms with Gasteiger partial charge in [0.1, 0.15) is 5.75 Å². The summed E-state index contributed by atoms with van der Waals surface area (Å²) in [5, 5.41) is 0.157. The fourth-order valence-electron chi connectivity index (χ4n) is 0.894. The number of hydrogen-bond acceptors (Lipinski definition) is 1. The molecule has 1 unspecified atom stereocenters. The Morgan fingerprint density at radius 2 is 2.18 bits per heavy atom. The SMILES string of the molecule is COc1cccc(C(C)[S])c1. The minimum Gasteiger partial charge on any atom is -0.497 e. The van der Waals surface area contributed by atoms with Gasteiger partial charge in [0.05, 0.1) is 7.11 Å². The molecule has 0 heterocycles. The largest absolute Gasteiger partial charge is 0.497 e. The van der Waals surface area contributed by atoms with Crippen LogP contribution in [0.4, 0.5) is 0 Å². The topological polar surface area (TPSA) is 9.23 Å². The summed E-state index contributed by atoms with van der Waals surface area (Å²) in [7, 11) is 1.66. The van der Waals surface area contributed by atoms with Crippen LogP contribution >= 0.6 is 12.6 Å². The Labute approximate surface area is 72.8 Å². The summed E-state index contributed by atoms with van der Waals surface area (Å²) in [6.07, 6.45) is 0. The lowest BCUT2D eigenvalue weighted by Gasteiger charge is -2.05. The molecule has 0 fully saturated rings. The van der Waals surface area contributed by atoms with Crippen LogP contribution in [0.3, 0.4) is 0 Å². The standard InChI is InChI=1S/C9H11OS/c1-7(11)8-4-3-5-9(6-8)10-2/h3-7H,1-2H3. The highest BCUT2D eigenvalue weighted by molar-refractivity contribution is 7.80. The van der Waals surface area contributed by atoms with Crippen molar-refractivity contribution in [2.45, 2.75) is 12.2 Å². The molecule has 0 saturated heterocycles. The highest BCUT2D eigenvalue weighted by Crippen LogP contribution is 2.22. The molecule has 0 saturated carbocycles. The molecule has 11 heavy (non-hydrogen) atoms. The Balaban J connectivity index is 2.91. The third-order valence-corrected chi connectivity index (χ3v) is 1.84. The Hall–Kier alpha value is -0.630. The lowest BCUT2D eigenvalue weighted by molar-refractivity contribution is 0.414. The van der Waals surface area contributed by atoms with Crippen molar-refractivity contribution >= 4 is 12.6 Å². The minimum absolute atomic E-state index is 0.157. The van der Waals surface area contributed by atoms with Crippen molar-refractivity contribution in [3.05, 3.63) is 29.8 Å². The molecule has 1 atom stereocenters. The number of rotatable bonds is 2. The van der Waals surface area contributed by atoms with E-state index < -0.39 is 0 Å². The second kappa shape index (κ2) is 3.67. The average Bonchev–Trinajstić information content (AvgIpc) is 2.05. The fraction of sp³-hybridized carbons (Fsp3) is 0.333. The summed E-state index contributed by atoms with van der Waals surface area (Å²) >= 11 is 5.10. The number of benzene rings is 1. The molecule has 0 amide bonds. The second-order valence-corrected chi connectivity index (χ2v) is 3.13. The molecule has 0 aromatic heterocycles. The first kappa shape index (κ1) is 8.47. The van der Waals surface area contributed by atoms with E-state index in [0.29, 0.717) is 0 Å². The Morgan fingerprint density at radius 3 is 2.73 bits per heavy atom. The maximum Gasteiger partial charge on any atom is 0.119 e. The van der Waals surface area contributed by atoms with Gasteiger partial charge in [-0.3, -0.25) is 0 Å². The van der Waals surface area contributed by atoms with E-state index in [9.17, 15) is 0 Å². The van der Waals surface area contributed by atoms with Crippen LogP contribution in [0.1, 0.15) is 17.7 Å². The first-order valence-corrected chi connectivity index (χ1v) is 4.01. The fourth-order valence-corrected chi connectivity index (χ4v) is 1.04. The molecule has 0 aliphatic rings. The van der Waals surface area contributed by atoms with E-state index >= 15 is 0 Å². The van der Waals surface area contributed by atoms with E-state index in [1.807, 2.05) is 31.2 Å². The van der Waals surface area contributed by atoms with Crippen LogP contribution in [-0.2, 0) is 0 Å². The predicted molar refractivity (Wildman–Crippen MR) is 49.0 cm³/mol. The normalized spacial score (nSPS) is 12.6. The Kier molecular flexibility index (Phi) is 2.83. The number of ether oxygens (including phenoxy) is 1. The molecule has 0 bridgehead atoms. The van der Waals surface area contributed by atoms with Crippen LogP contribution in [-0.4, -0.2) is 7.11 Å². The van der Waals surface area contributed by atoms with Gasteiger partial charge in [-0.2, -0.15) is 0 Å². The van der Waals surface area contributed by atoms with Gasteiger partial charge < -0.3 is 4.74 Å². The molecule has 1 nitrogen and oxygen atoms in total. The van der Waals surface area contributed by atoms with Crippen LogP contribution in [0, 0.1) is 0 Å². The van der Waals surface area contributed by atoms with Crippen molar-refractivity contribution in [2.24, 2.45) is 0 Å². The van der Waals surface area contributed by atoms with E-state index in [1.54, 1.807) is 7.11 Å². The number of methoxy groups -OCH3 is 1. The van der Waals surface area contributed by atoms with E-state index in [2.05, 4.69) is 0 Å². The van der Waals surface area contributed by atoms with Gasteiger partial charge in [-0.15, -0.1) is 0 Å². The smallest absolute Gasteiger partial charge is 0.119 e. The van der Waals surface area contributed by atoms with Crippen LogP contribution in [0.25, 0.3) is 0 Å². The van der Waals surface area contributed by atoms with E-state index in [4.69, 9.17) is 17.4 Å². The molecule has 1 radical (unpaired) electrons. The first-order chi connectivity index (χ1) is 5.24. The van der Waals surface area contributed by atoms with Gasteiger partial charge in [0.25, 0.3) is 0 Å². The summed E-state index contributed by atoms with van der Waals surface area (Å²) in [5.41, 5.74) is 1.14. The molecule has 1 aromatic carbocycles. The molecule has 0 N–H and O–H groups in total. The zero-order chi connectivity index (χ0) is 8.27. The highest BCUT2D eigenvalue weighted by Gasteiger charge is 2.00. The second-order valence-electron chi connectivity index (χ2n) is 2.42. The lowest BCUT2D eigenvalue weighted by Crippen LogP contribution is -1.86. The zero-order valence-electron chi connectivity index (χ0n) is 6.70. The summed E-state index contributed by atoms with van der Waals surface area (Å²) in [5.74, 6) is 0.874. The van der Waals surface area contributed by atoms with Crippen molar-refractivity contribution in [2.75, 3.05) is 7.11 Å². The molecule has 59 valence electrons. The monoisotopic (exact) mass is 167 g/mol. The minimum atomic E-state index is 0.157. The van der Waals surface area contributed by atoms with Gasteiger partial charge in [-0.1, -0.05) is 24.8 Å². The predicted octanol–water partition coefficient (Wildman–Crippen LogP) is 2.95. The summed E-state index contributed by atoms with van der Waals surface area (Å²) in [6, 6.07) is 7.86. The molecule has 0 spiro atoms. The van der Waals surface area contributed by atoms with Crippen molar-refractivity contribution < 1.29 is 4.74 Å². The molecule has 1 aromatic rings. The van der Waals surface area contributed by atoms with Gasteiger partial charge >= 0.3 is 0 Å². The van der Waals surface area contributed by atoms with Crippen LogP contribution in [0.5, 0.6) is 5.75 Å². The van der Waals surface area contributed by atoms with Crippen LogP contribution in [0.2, 0.25) is 0 Å². The van der Waals surface area contributed by atoms with Gasteiger partial charge in [0.2, 0.25) is 0 Å². The van der Waals surface area contributed by atoms with Crippen LogP contribution in [0.15, 0.2) is 24.3 Å². The lowest BCUT2D eigenvalue weighted by atomic mass is 10.1. The van der Waals surface area contributed by atoms with E-state index in [0.717, 1.165) is 11.3 Å². The maximum atomic E-state index is 5.10. The van der Waals surface area contributed by atoms with Gasteiger partial charge in [-0.25, -0.2) is 0 Å². The van der Waals surface area contributed by atoms with Gasteiger partial charge in [0, 0.05) is 5.25 Å². The summed E-state index contributed by atoms with van der Waals surface area (Å²) in [4.78, 5) is 0. The summed E-state index contributed by atoms with van der Waals surface area (Å²) < 4.78 is 5.06. The molecular formula is C9H11OS. The zero-order valence-corrected chi connectivity index (χ0v) is 7.52. The molecule has 0 aliphatic carbocycles. The van der Waals surface area contributed by atoms with E-state index in [1.165, 1.54) is 0 Å². The highest BCUT2D eigenvalue weighted by atomic mass is 32.1. The quantitative estimate of drug-likeness (QED) is 0.658. The van der Waals surface area contributed by atoms with Crippen molar-refractivity contribution in [3.8, 4) is 5.75 Å². The van der Waals surface area contributed by atoms with Crippen molar-refractivity contribution in [1.29, 1.82) is 0 Å². The number of hydrogen-bond donors (Lipinski definition) is 0. The Morgan fingerprint density at radius 1 is 1.45 bits per heavy atom. The third-order valence-electron chi connectivity index (χ3n) is 1.56. The van der Waals surface area contributed by atoms with Crippen molar-refractivity contribution in [1.82, 2.24) is 0 Å². The average molecular weight is 167 g/mol. The van der Waals surface area contributed by atoms with Gasteiger partial charge in [-0.05, 0) is 24.6 Å². The van der Waals surface area contributed by atoms with Crippen LogP contribution < -0.4 is 4.74 Å². The third kappa shape index (κ3) is 2.15. The van der Waals surface area contributed by atoms with Crippen molar-refractivity contribution in [3.63, 3.8) is 0 Å². The molecule has 2 heteroatoms. The summed E-state index contributed by atoms with van der Waals surface area (Å²) in [6.45, 7) is 1.99. The molecule has 1 rings (SSSR count).